The predicted molar refractivity (Wildman–Crippen MR) is 108 cm³/mol. The summed E-state index contributed by atoms with van der Waals surface area (Å²) < 4.78 is 28.6. The lowest BCUT2D eigenvalue weighted by Gasteiger charge is -2.10. The van der Waals surface area contributed by atoms with Crippen LogP contribution in [0, 0.1) is 0 Å². The van der Waals surface area contributed by atoms with Gasteiger partial charge in [-0.15, -0.1) is 0 Å². The smallest absolute Gasteiger partial charge is 0.242 e. The second kappa shape index (κ2) is 8.74. The van der Waals surface area contributed by atoms with E-state index < -0.39 is 10.0 Å². The molecule has 2 N–H and O–H groups in total. The highest BCUT2D eigenvalue weighted by atomic mass is 35.5. The summed E-state index contributed by atoms with van der Waals surface area (Å²) >= 11 is 12.2. The quantitative estimate of drug-likeness (QED) is 0.590. The van der Waals surface area contributed by atoms with E-state index in [4.69, 9.17) is 23.2 Å². The Bertz CT molecular complexity index is 1090. The van der Waals surface area contributed by atoms with Gasteiger partial charge in [0.15, 0.2) is 0 Å². The van der Waals surface area contributed by atoms with Crippen LogP contribution in [0.2, 0.25) is 10.0 Å². The molecule has 0 aliphatic carbocycles. The third-order valence-electron chi connectivity index (χ3n) is 3.78. The summed E-state index contributed by atoms with van der Waals surface area (Å²) in [5, 5.41) is 3.24. The van der Waals surface area contributed by atoms with E-state index in [1.807, 2.05) is 0 Å². The summed E-state index contributed by atoms with van der Waals surface area (Å²) in [6.07, 6.45) is 4.95. The number of carbonyl (C=O) groups is 1. The maximum atomic E-state index is 12.2. The summed E-state index contributed by atoms with van der Waals surface area (Å²) in [7, 11) is -3.79. The Kier molecular flexibility index (Phi) is 6.35. The molecule has 0 fully saturated rings. The molecule has 1 heterocycles. The van der Waals surface area contributed by atoms with Gasteiger partial charge in [-0.1, -0.05) is 35.3 Å². The van der Waals surface area contributed by atoms with E-state index in [9.17, 15) is 13.2 Å². The first kappa shape index (κ1) is 20.3. The largest absolute Gasteiger partial charge is 0.326 e. The highest BCUT2D eigenvalue weighted by molar-refractivity contribution is 7.89. The molecule has 1 amide bonds. The van der Waals surface area contributed by atoms with Crippen LogP contribution >= 0.6 is 23.2 Å². The summed E-state index contributed by atoms with van der Waals surface area (Å²) in [4.78, 5) is 16.0. The number of benzene rings is 2. The lowest BCUT2D eigenvalue weighted by molar-refractivity contribution is -0.116. The molecular weight excluding hydrogens is 423 g/mol. The van der Waals surface area contributed by atoms with Gasteiger partial charge in [-0.25, -0.2) is 18.1 Å². The molecule has 0 saturated heterocycles. The number of halogens is 2. The molecule has 0 atom stereocenters. The molecule has 1 aromatic heterocycles. The topological polar surface area (TPSA) is 93.1 Å². The van der Waals surface area contributed by atoms with Crippen LogP contribution in [0.1, 0.15) is 6.42 Å². The Morgan fingerprint density at radius 2 is 1.89 bits per heavy atom. The van der Waals surface area contributed by atoms with Crippen molar-refractivity contribution in [3.05, 3.63) is 71.2 Å². The fraction of sp³-hybridized carbons (Fsp3) is 0.111. The maximum Gasteiger partial charge on any atom is 0.242 e. The van der Waals surface area contributed by atoms with E-state index in [-0.39, 0.29) is 28.8 Å². The fourth-order valence-electron chi connectivity index (χ4n) is 2.46. The summed E-state index contributed by atoms with van der Waals surface area (Å²) in [6.45, 7) is -0.0692. The first-order valence-corrected chi connectivity index (χ1v) is 10.4. The third kappa shape index (κ3) is 4.90. The van der Waals surface area contributed by atoms with Gasteiger partial charge in [0.25, 0.3) is 0 Å². The lowest BCUT2D eigenvalue weighted by Crippen LogP contribution is -2.28. The summed E-state index contributed by atoms with van der Waals surface area (Å²) in [5.41, 5.74) is 1.23. The molecular formula is C18H16Cl2N4O3S. The van der Waals surface area contributed by atoms with E-state index in [1.165, 1.54) is 12.1 Å². The number of hydrogen-bond acceptors (Lipinski definition) is 4. The van der Waals surface area contributed by atoms with Crippen molar-refractivity contribution >= 4 is 44.8 Å². The molecule has 0 spiro atoms. The van der Waals surface area contributed by atoms with Gasteiger partial charge < -0.3 is 9.88 Å². The van der Waals surface area contributed by atoms with Gasteiger partial charge in [0.2, 0.25) is 15.9 Å². The molecule has 0 aliphatic rings. The van der Waals surface area contributed by atoms with Crippen LogP contribution < -0.4 is 10.0 Å². The molecule has 146 valence electrons. The maximum absolute atomic E-state index is 12.2. The fourth-order valence-corrected chi connectivity index (χ4v) is 4.29. The van der Waals surface area contributed by atoms with Crippen molar-refractivity contribution in [3.8, 4) is 5.69 Å². The molecule has 0 aliphatic heterocycles. The van der Waals surface area contributed by atoms with Gasteiger partial charge in [0.05, 0.1) is 22.1 Å². The number of imidazole rings is 1. The van der Waals surface area contributed by atoms with Crippen molar-refractivity contribution in [1.82, 2.24) is 14.3 Å². The highest BCUT2D eigenvalue weighted by Gasteiger charge is 2.17. The second-order valence-corrected chi connectivity index (χ2v) is 8.31. The number of nitrogens with one attached hydrogen (secondary N) is 2. The van der Waals surface area contributed by atoms with E-state index in [0.717, 1.165) is 5.69 Å². The van der Waals surface area contributed by atoms with Gasteiger partial charge in [0.1, 0.15) is 4.90 Å². The van der Waals surface area contributed by atoms with Crippen LogP contribution in [0.15, 0.2) is 66.1 Å². The van der Waals surface area contributed by atoms with Crippen molar-refractivity contribution in [1.29, 1.82) is 0 Å². The average molecular weight is 439 g/mol. The normalized spacial score (nSPS) is 11.4. The Morgan fingerprint density at radius 3 is 2.57 bits per heavy atom. The van der Waals surface area contributed by atoms with Gasteiger partial charge in [0, 0.05) is 31.0 Å². The van der Waals surface area contributed by atoms with Crippen LogP contribution in [-0.2, 0) is 14.8 Å². The molecule has 3 rings (SSSR count). The summed E-state index contributed by atoms with van der Waals surface area (Å²) in [6, 6.07) is 11.2. The van der Waals surface area contributed by atoms with Crippen molar-refractivity contribution in [3.63, 3.8) is 0 Å². The molecule has 2 aromatic carbocycles. The monoisotopic (exact) mass is 438 g/mol. The molecule has 0 saturated carbocycles. The highest BCUT2D eigenvalue weighted by Crippen LogP contribution is 2.24. The zero-order valence-electron chi connectivity index (χ0n) is 14.5. The van der Waals surface area contributed by atoms with Gasteiger partial charge in [-0.3, -0.25) is 4.79 Å². The van der Waals surface area contributed by atoms with Crippen LogP contribution in [0.5, 0.6) is 0 Å². The molecule has 10 heteroatoms. The number of rotatable bonds is 7. The number of sulfonamides is 1. The Labute approximate surface area is 172 Å². The Morgan fingerprint density at radius 1 is 1.11 bits per heavy atom. The number of carbonyl (C=O) groups excluding carboxylic acids is 1. The van der Waals surface area contributed by atoms with Crippen LogP contribution in [0.25, 0.3) is 5.69 Å². The first-order valence-electron chi connectivity index (χ1n) is 8.19. The minimum Gasteiger partial charge on any atom is -0.326 e. The molecule has 0 unspecified atom stereocenters. The van der Waals surface area contributed by atoms with Gasteiger partial charge in [-0.2, -0.15) is 0 Å². The van der Waals surface area contributed by atoms with Crippen LogP contribution in [-0.4, -0.2) is 30.4 Å². The van der Waals surface area contributed by atoms with Crippen molar-refractivity contribution in [2.75, 3.05) is 11.9 Å². The zero-order chi connectivity index (χ0) is 20.1. The van der Waals surface area contributed by atoms with Crippen molar-refractivity contribution < 1.29 is 13.2 Å². The van der Waals surface area contributed by atoms with E-state index in [0.29, 0.717) is 10.7 Å². The van der Waals surface area contributed by atoms with E-state index >= 15 is 0 Å². The van der Waals surface area contributed by atoms with E-state index in [1.54, 1.807) is 53.6 Å². The minimum atomic E-state index is -3.79. The Balaban J connectivity index is 1.56. The van der Waals surface area contributed by atoms with Crippen molar-refractivity contribution in [2.24, 2.45) is 0 Å². The van der Waals surface area contributed by atoms with Crippen LogP contribution in [0.4, 0.5) is 5.69 Å². The van der Waals surface area contributed by atoms with E-state index in [2.05, 4.69) is 15.0 Å². The number of anilines is 1. The lowest BCUT2D eigenvalue weighted by atomic mass is 10.2. The molecule has 3 aromatic rings. The Hall–Kier alpha value is -2.39. The zero-order valence-corrected chi connectivity index (χ0v) is 16.8. The van der Waals surface area contributed by atoms with Crippen molar-refractivity contribution in [2.45, 2.75) is 11.3 Å². The molecule has 7 nitrogen and oxygen atoms in total. The minimum absolute atomic E-state index is 0.0288. The molecule has 0 radical (unpaired) electrons. The molecule has 28 heavy (non-hydrogen) atoms. The SMILES string of the molecule is O=C(CCNS(=O)(=O)c1ccccc1Cl)Nc1ccc(-n2ccnc2)c(Cl)c1. The second-order valence-electron chi connectivity index (χ2n) is 5.76. The van der Waals surface area contributed by atoms with Gasteiger partial charge >= 0.3 is 0 Å². The number of amides is 1. The standard InChI is InChI=1S/C18H16Cl2N4O3S/c19-14-3-1-2-4-17(14)28(26,27)22-8-7-18(25)23-13-5-6-16(15(20)11-13)24-10-9-21-12-24/h1-6,9-12,22H,7-8H2,(H,23,25). The van der Waals surface area contributed by atoms with Crippen LogP contribution in [0.3, 0.4) is 0 Å². The third-order valence-corrected chi connectivity index (χ3v) is 6.05. The number of nitrogens with zero attached hydrogens (tertiary/aromatic N) is 2. The number of hydrogen-bond donors (Lipinski definition) is 2. The summed E-state index contributed by atoms with van der Waals surface area (Å²) in [5.74, 6) is -0.353. The van der Waals surface area contributed by atoms with Gasteiger partial charge in [-0.05, 0) is 30.3 Å². The predicted octanol–water partition coefficient (Wildman–Crippen LogP) is 3.49. The molecule has 0 bridgehead atoms. The first-order chi connectivity index (χ1) is 13.4. The average Bonchev–Trinajstić information content (AvgIpc) is 3.16. The number of aromatic nitrogens is 2.